The van der Waals surface area contributed by atoms with Crippen molar-refractivity contribution in [2.75, 3.05) is 0 Å². The zero-order valence-corrected chi connectivity index (χ0v) is 5.69. The summed E-state index contributed by atoms with van der Waals surface area (Å²) in [6.07, 6.45) is 7.49. The van der Waals surface area contributed by atoms with Crippen LogP contribution in [0.1, 0.15) is 19.3 Å². The molecule has 0 saturated carbocycles. The number of rotatable bonds is 1. The van der Waals surface area contributed by atoms with E-state index < -0.39 is 0 Å². The van der Waals surface area contributed by atoms with Crippen molar-refractivity contribution in [2.45, 2.75) is 19.3 Å². The molecule has 0 heterocycles. The van der Waals surface area contributed by atoms with E-state index in [-0.39, 0.29) is 0 Å². The largest absolute Gasteiger partial charge is 0.0995 e. The third kappa shape index (κ3) is 1.56. The van der Waals surface area contributed by atoms with E-state index in [1.165, 1.54) is 11.1 Å². The van der Waals surface area contributed by atoms with Crippen molar-refractivity contribution in [1.82, 2.24) is 0 Å². The Kier molecular flexibility index (Phi) is 1.88. The van der Waals surface area contributed by atoms with Gasteiger partial charge in [-0.25, -0.2) is 0 Å². The lowest BCUT2D eigenvalue weighted by atomic mass is 9.96. The predicted molar refractivity (Wildman–Crippen MR) is 41.3 cm³/mol. The van der Waals surface area contributed by atoms with Crippen molar-refractivity contribution in [3.63, 3.8) is 0 Å². The van der Waals surface area contributed by atoms with E-state index in [0.717, 1.165) is 19.3 Å². The van der Waals surface area contributed by atoms with Crippen LogP contribution < -0.4 is 0 Å². The summed E-state index contributed by atoms with van der Waals surface area (Å²) in [6, 6.07) is 0. The highest BCUT2D eigenvalue weighted by Crippen LogP contribution is 2.21. The van der Waals surface area contributed by atoms with Crippen molar-refractivity contribution in [1.29, 1.82) is 0 Å². The fourth-order valence-electron chi connectivity index (χ4n) is 0.986. The Morgan fingerprint density at radius 2 is 2.22 bits per heavy atom. The summed E-state index contributed by atoms with van der Waals surface area (Å²) >= 11 is 0. The van der Waals surface area contributed by atoms with Gasteiger partial charge in [0.2, 0.25) is 0 Å². The van der Waals surface area contributed by atoms with Crippen LogP contribution in [0.4, 0.5) is 0 Å². The second-order valence-electron chi connectivity index (χ2n) is 2.44. The fraction of sp³-hybridized carbons (Fsp3) is 0.333. The Morgan fingerprint density at radius 3 is 2.67 bits per heavy atom. The molecule has 0 atom stereocenters. The van der Waals surface area contributed by atoms with E-state index in [9.17, 15) is 0 Å². The lowest BCUT2D eigenvalue weighted by Crippen LogP contribution is -1.90. The molecule has 0 spiro atoms. The van der Waals surface area contributed by atoms with Crippen molar-refractivity contribution < 1.29 is 0 Å². The molecular weight excluding hydrogens is 108 g/mol. The van der Waals surface area contributed by atoms with Gasteiger partial charge in [-0.05, 0) is 19.3 Å². The van der Waals surface area contributed by atoms with Crippen molar-refractivity contribution in [2.24, 2.45) is 0 Å². The third-order valence-corrected chi connectivity index (χ3v) is 1.68. The minimum absolute atomic E-state index is 1.06. The summed E-state index contributed by atoms with van der Waals surface area (Å²) in [5.74, 6) is 0. The molecule has 0 aromatic heterocycles. The van der Waals surface area contributed by atoms with Crippen LogP contribution in [0.5, 0.6) is 0 Å². The van der Waals surface area contributed by atoms with Gasteiger partial charge in [0, 0.05) is 0 Å². The van der Waals surface area contributed by atoms with Gasteiger partial charge in [-0.15, -0.1) is 0 Å². The van der Waals surface area contributed by atoms with Gasteiger partial charge < -0.3 is 0 Å². The molecular formula is C9H12. The van der Waals surface area contributed by atoms with Gasteiger partial charge >= 0.3 is 0 Å². The van der Waals surface area contributed by atoms with Gasteiger partial charge in [0.15, 0.2) is 0 Å². The number of hydrogen-bond donors (Lipinski definition) is 0. The van der Waals surface area contributed by atoms with Crippen LogP contribution in [0.2, 0.25) is 0 Å². The SMILES string of the molecule is C=CC1=CCC(=C)CC1. The smallest absolute Gasteiger partial charge is 0.0136 e. The second kappa shape index (κ2) is 2.67. The maximum Gasteiger partial charge on any atom is -0.0136 e. The molecule has 0 aliphatic heterocycles. The molecule has 0 unspecified atom stereocenters. The predicted octanol–water partition coefficient (Wildman–Crippen LogP) is 2.84. The van der Waals surface area contributed by atoms with Gasteiger partial charge in [-0.2, -0.15) is 0 Å². The Labute approximate surface area is 56.6 Å². The summed E-state index contributed by atoms with van der Waals surface area (Å²) in [5.41, 5.74) is 2.73. The average molecular weight is 120 g/mol. The van der Waals surface area contributed by atoms with E-state index in [1.54, 1.807) is 0 Å². The van der Waals surface area contributed by atoms with Gasteiger partial charge in [0.25, 0.3) is 0 Å². The molecule has 0 heteroatoms. The Morgan fingerprint density at radius 1 is 1.44 bits per heavy atom. The highest BCUT2D eigenvalue weighted by Gasteiger charge is 2.01. The van der Waals surface area contributed by atoms with E-state index >= 15 is 0 Å². The van der Waals surface area contributed by atoms with E-state index in [4.69, 9.17) is 0 Å². The van der Waals surface area contributed by atoms with Crippen LogP contribution in [0.25, 0.3) is 0 Å². The summed E-state index contributed by atoms with van der Waals surface area (Å²) in [6.45, 7) is 7.62. The van der Waals surface area contributed by atoms with Crippen LogP contribution in [0.3, 0.4) is 0 Å². The first-order chi connectivity index (χ1) is 4.33. The van der Waals surface area contributed by atoms with E-state index in [1.807, 2.05) is 6.08 Å². The molecule has 0 radical (unpaired) electrons. The summed E-state index contributed by atoms with van der Waals surface area (Å²) in [4.78, 5) is 0. The van der Waals surface area contributed by atoms with Gasteiger partial charge in [0.1, 0.15) is 0 Å². The molecule has 1 rings (SSSR count). The first-order valence-corrected chi connectivity index (χ1v) is 3.31. The molecule has 0 bridgehead atoms. The zero-order valence-electron chi connectivity index (χ0n) is 5.69. The maximum atomic E-state index is 3.90. The molecule has 1 aliphatic carbocycles. The fourth-order valence-corrected chi connectivity index (χ4v) is 0.986. The van der Waals surface area contributed by atoms with Crippen LogP contribution in [-0.2, 0) is 0 Å². The lowest BCUT2D eigenvalue weighted by Gasteiger charge is -2.10. The zero-order chi connectivity index (χ0) is 6.69. The summed E-state index contributed by atoms with van der Waals surface area (Å²) in [5, 5.41) is 0. The molecule has 0 aromatic carbocycles. The third-order valence-electron chi connectivity index (χ3n) is 1.68. The Balaban J connectivity index is 2.59. The molecule has 9 heavy (non-hydrogen) atoms. The molecule has 0 amide bonds. The Bertz CT molecular complexity index is 161. The average Bonchev–Trinajstić information content (AvgIpc) is 1.90. The van der Waals surface area contributed by atoms with Crippen LogP contribution in [0.15, 0.2) is 36.5 Å². The molecule has 0 N–H and O–H groups in total. The van der Waals surface area contributed by atoms with E-state index in [0.29, 0.717) is 0 Å². The number of allylic oxidation sites excluding steroid dienone is 4. The topological polar surface area (TPSA) is 0 Å². The first-order valence-electron chi connectivity index (χ1n) is 3.31. The summed E-state index contributed by atoms with van der Waals surface area (Å²) < 4.78 is 0. The quantitative estimate of drug-likeness (QED) is 0.467. The van der Waals surface area contributed by atoms with Gasteiger partial charge in [-0.3, -0.25) is 0 Å². The maximum absolute atomic E-state index is 3.90. The first kappa shape index (κ1) is 6.34. The second-order valence-corrected chi connectivity index (χ2v) is 2.44. The lowest BCUT2D eigenvalue weighted by molar-refractivity contribution is 0.874. The monoisotopic (exact) mass is 120 g/mol. The molecule has 48 valence electrons. The summed E-state index contributed by atoms with van der Waals surface area (Å²) in [7, 11) is 0. The van der Waals surface area contributed by atoms with Crippen molar-refractivity contribution in [3.8, 4) is 0 Å². The van der Waals surface area contributed by atoms with Gasteiger partial charge in [0.05, 0.1) is 0 Å². The molecule has 1 aliphatic rings. The number of hydrogen-bond acceptors (Lipinski definition) is 0. The molecule has 0 nitrogen and oxygen atoms in total. The van der Waals surface area contributed by atoms with E-state index in [2.05, 4.69) is 19.2 Å². The normalized spacial score (nSPS) is 19.1. The molecule has 0 saturated heterocycles. The van der Waals surface area contributed by atoms with Crippen molar-refractivity contribution in [3.05, 3.63) is 36.5 Å². The minimum atomic E-state index is 1.06. The van der Waals surface area contributed by atoms with Crippen LogP contribution in [-0.4, -0.2) is 0 Å². The van der Waals surface area contributed by atoms with Crippen LogP contribution in [0, 0.1) is 0 Å². The minimum Gasteiger partial charge on any atom is -0.0995 e. The molecule has 0 aromatic rings. The highest BCUT2D eigenvalue weighted by atomic mass is 14.1. The highest BCUT2D eigenvalue weighted by molar-refractivity contribution is 5.24. The molecule has 0 fully saturated rings. The van der Waals surface area contributed by atoms with Crippen molar-refractivity contribution >= 4 is 0 Å². The Hall–Kier alpha value is -0.780. The standard InChI is InChI=1S/C9H12/c1-3-9-6-4-8(2)5-7-9/h3,6H,1-2,4-5,7H2. The van der Waals surface area contributed by atoms with Crippen LogP contribution >= 0.6 is 0 Å². The van der Waals surface area contributed by atoms with Gasteiger partial charge in [-0.1, -0.05) is 36.5 Å².